The van der Waals surface area contributed by atoms with Crippen LogP contribution in [-0.2, 0) is 14.8 Å². The molecule has 1 aromatic rings. The summed E-state index contributed by atoms with van der Waals surface area (Å²) in [7, 11) is -3.63. The molecule has 0 heterocycles. The number of benzene rings is 1. The molecule has 4 nitrogen and oxygen atoms in total. The van der Waals surface area contributed by atoms with E-state index in [-0.39, 0.29) is 4.90 Å². The average molecular weight is 315 g/mol. The third-order valence-corrected chi connectivity index (χ3v) is 5.08. The van der Waals surface area contributed by atoms with E-state index >= 15 is 0 Å². The van der Waals surface area contributed by atoms with Gasteiger partial charge in [-0.25, -0.2) is 17.5 Å². The van der Waals surface area contributed by atoms with Crippen LogP contribution in [0.1, 0.15) is 38.5 Å². The number of rotatable bonds is 7. The highest BCUT2D eigenvalue weighted by Crippen LogP contribution is 2.20. The lowest BCUT2D eigenvalue weighted by atomic mass is 9.98. The molecule has 0 atom stereocenters. The zero-order chi connectivity index (χ0) is 15.1. The standard InChI is InChI=1S/C15H22FNO3S/c16-13-6-4-9-15(12-13)21(18,19)17-10-5-11-20-14-7-2-1-3-8-14/h4,6,9,12,14,17H,1-3,5,7-8,10-11H2. The highest BCUT2D eigenvalue weighted by molar-refractivity contribution is 7.89. The minimum atomic E-state index is -3.63. The second kappa shape index (κ2) is 7.87. The molecule has 0 amide bonds. The van der Waals surface area contributed by atoms with Gasteiger partial charge in [0, 0.05) is 13.2 Å². The fourth-order valence-corrected chi connectivity index (χ4v) is 3.58. The van der Waals surface area contributed by atoms with E-state index in [2.05, 4.69) is 4.72 Å². The Morgan fingerprint density at radius 1 is 1.24 bits per heavy atom. The molecule has 0 aliphatic heterocycles. The molecule has 1 fully saturated rings. The van der Waals surface area contributed by atoms with Crippen molar-refractivity contribution in [3.05, 3.63) is 30.1 Å². The van der Waals surface area contributed by atoms with Crippen molar-refractivity contribution >= 4 is 10.0 Å². The van der Waals surface area contributed by atoms with Gasteiger partial charge in [-0.15, -0.1) is 0 Å². The smallest absolute Gasteiger partial charge is 0.240 e. The van der Waals surface area contributed by atoms with Crippen molar-refractivity contribution in [3.8, 4) is 0 Å². The number of sulfonamides is 1. The van der Waals surface area contributed by atoms with E-state index in [0.29, 0.717) is 25.7 Å². The Hall–Kier alpha value is -0.980. The number of hydrogen-bond acceptors (Lipinski definition) is 3. The topological polar surface area (TPSA) is 55.4 Å². The molecule has 21 heavy (non-hydrogen) atoms. The Kier molecular flexibility index (Phi) is 6.14. The third-order valence-electron chi connectivity index (χ3n) is 3.63. The molecular formula is C15H22FNO3S. The summed E-state index contributed by atoms with van der Waals surface area (Å²) in [6.45, 7) is 0.849. The molecule has 118 valence electrons. The third kappa shape index (κ3) is 5.37. The number of nitrogens with one attached hydrogen (secondary N) is 1. The van der Waals surface area contributed by atoms with Crippen LogP contribution in [0.5, 0.6) is 0 Å². The van der Waals surface area contributed by atoms with Crippen LogP contribution < -0.4 is 4.72 Å². The van der Waals surface area contributed by atoms with Gasteiger partial charge in [-0.05, 0) is 37.5 Å². The molecule has 1 aliphatic rings. The molecule has 2 rings (SSSR count). The van der Waals surface area contributed by atoms with Gasteiger partial charge in [-0.2, -0.15) is 0 Å². The van der Waals surface area contributed by atoms with Gasteiger partial charge in [0.1, 0.15) is 5.82 Å². The molecule has 6 heteroatoms. The van der Waals surface area contributed by atoms with Crippen LogP contribution in [0.2, 0.25) is 0 Å². The minimum Gasteiger partial charge on any atom is -0.378 e. The Bertz CT molecular complexity index is 542. The second-order valence-corrected chi connectivity index (χ2v) is 7.11. The van der Waals surface area contributed by atoms with Crippen LogP contribution >= 0.6 is 0 Å². The van der Waals surface area contributed by atoms with Gasteiger partial charge in [0.15, 0.2) is 0 Å². The molecule has 0 saturated heterocycles. The van der Waals surface area contributed by atoms with E-state index in [0.717, 1.165) is 18.9 Å². The number of ether oxygens (including phenoxy) is 1. The molecule has 0 bridgehead atoms. The van der Waals surface area contributed by atoms with E-state index in [4.69, 9.17) is 4.74 Å². The van der Waals surface area contributed by atoms with Crippen LogP contribution in [0.15, 0.2) is 29.2 Å². The summed E-state index contributed by atoms with van der Waals surface area (Å²) in [4.78, 5) is -0.0456. The Morgan fingerprint density at radius 2 is 2.00 bits per heavy atom. The summed E-state index contributed by atoms with van der Waals surface area (Å²) in [6.07, 6.45) is 6.88. The fourth-order valence-electron chi connectivity index (χ4n) is 2.48. The monoisotopic (exact) mass is 315 g/mol. The molecule has 0 aromatic heterocycles. The largest absolute Gasteiger partial charge is 0.378 e. The molecule has 0 radical (unpaired) electrons. The van der Waals surface area contributed by atoms with Gasteiger partial charge in [0.05, 0.1) is 11.0 Å². The molecule has 0 spiro atoms. The van der Waals surface area contributed by atoms with E-state index < -0.39 is 15.8 Å². The van der Waals surface area contributed by atoms with Crippen molar-refractivity contribution in [1.29, 1.82) is 0 Å². The lowest BCUT2D eigenvalue weighted by molar-refractivity contribution is 0.0278. The van der Waals surface area contributed by atoms with Crippen LogP contribution in [0, 0.1) is 5.82 Å². The maximum atomic E-state index is 13.0. The Balaban J connectivity index is 1.70. The summed E-state index contributed by atoms with van der Waals surface area (Å²) in [5.41, 5.74) is 0. The second-order valence-electron chi connectivity index (χ2n) is 5.34. The van der Waals surface area contributed by atoms with E-state index in [1.54, 1.807) is 0 Å². The van der Waals surface area contributed by atoms with Gasteiger partial charge in [0.2, 0.25) is 10.0 Å². The molecule has 0 unspecified atom stereocenters. The number of halogens is 1. The first-order chi connectivity index (χ1) is 10.1. The van der Waals surface area contributed by atoms with Gasteiger partial charge in [0.25, 0.3) is 0 Å². The van der Waals surface area contributed by atoms with Gasteiger partial charge >= 0.3 is 0 Å². The summed E-state index contributed by atoms with van der Waals surface area (Å²) in [5.74, 6) is -0.557. The highest BCUT2D eigenvalue weighted by Gasteiger charge is 2.15. The van der Waals surface area contributed by atoms with Gasteiger partial charge < -0.3 is 4.74 Å². The van der Waals surface area contributed by atoms with Gasteiger partial charge in [-0.1, -0.05) is 25.3 Å². The maximum Gasteiger partial charge on any atom is 0.240 e. The van der Waals surface area contributed by atoms with Crippen LogP contribution in [-0.4, -0.2) is 27.7 Å². The lowest BCUT2D eigenvalue weighted by Gasteiger charge is -2.21. The average Bonchev–Trinajstić information content (AvgIpc) is 2.48. The predicted octanol–water partition coefficient (Wildman–Crippen LogP) is 2.84. The van der Waals surface area contributed by atoms with Crippen LogP contribution in [0.4, 0.5) is 4.39 Å². The first-order valence-corrected chi connectivity index (χ1v) is 8.93. The van der Waals surface area contributed by atoms with E-state index in [9.17, 15) is 12.8 Å². The van der Waals surface area contributed by atoms with Crippen molar-refractivity contribution in [2.24, 2.45) is 0 Å². The molecule has 1 saturated carbocycles. The zero-order valence-corrected chi connectivity index (χ0v) is 12.9. The highest BCUT2D eigenvalue weighted by atomic mass is 32.2. The SMILES string of the molecule is O=S(=O)(NCCCOC1CCCCC1)c1cccc(F)c1. The van der Waals surface area contributed by atoms with Crippen LogP contribution in [0.3, 0.4) is 0 Å². The first kappa shape index (κ1) is 16.4. The normalized spacial score (nSPS) is 17.0. The van der Waals surface area contributed by atoms with E-state index in [1.165, 1.54) is 37.5 Å². The van der Waals surface area contributed by atoms with Crippen molar-refractivity contribution in [2.75, 3.05) is 13.2 Å². The summed E-state index contributed by atoms with van der Waals surface area (Å²) in [5, 5.41) is 0. The fraction of sp³-hybridized carbons (Fsp3) is 0.600. The lowest BCUT2D eigenvalue weighted by Crippen LogP contribution is -2.26. The molecule has 1 aliphatic carbocycles. The van der Waals surface area contributed by atoms with Crippen molar-refractivity contribution in [2.45, 2.75) is 49.5 Å². The summed E-state index contributed by atoms with van der Waals surface area (Å²) < 4.78 is 45.1. The summed E-state index contributed by atoms with van der Waals surface area (Å²) >= 11 is 0. The van der Waals surface area contributed by atoms with Crippen LogP contribution in [0.25, 0.3) is 0 Å². The maximum absolute atomic E-state index is 13.0. The van der Waals surface area contributed by atoms with Crippen molar-refractivity contribution in [3.63, 3.8) is 0 Å². The van der Waals surface area contributed by atoms with Crippen molar-refractivity contribution in [1.82, 2.24) is 4.72 Å². The quantitative estimate of drug-likeness (QED) is 0.787. The predicted molar refractivity (Wildman–Crippen MR) is 79.0 cm³/mol. The van der Waals surface area contributed by atoms with Gasteiger partial charge in [-0.3, -0.25) is 0 Å². The minimum absolute atomic E-state index is 0.0456. The van der Waals surface area contributed by atoms with E-state index in [1.807, 2.05) is 0 Å². The molecule has 1 N–H and O–H groups in total. The zero-order valence-electron chi connectivity index (χ0n) is 12.1. The number of hydrogen-bond donors (Lipinski definition) is 1. The first-order valence-electron chi connectivity index (χ1n) is 7.45. The Labute approximate surface area is 125 Å². The Morgan fingerprint density at radius 3 is 2.71 bits per heavy atom. The van der Waals surface area contributed by atoms with Crippen molar-refractivity contribution < 1.29 is 17.5 Å². The molecule has 1 aromatic carbocycles. The summed E-state index contributed by atoms with van der Waals surface area (Å²) in [6, 6.07) is 5.00. The molecular weight excluding hydrogens is 293 g/mol.